The van der Waals surface area contributed by atoms with Crippen LogP contribution in [0.25, 0.3) is 10.9 Å². The minimum Gasteiger partial charge on any atom is -0.467 e. The van der Waals surface area contributed by atoms with E-state index in [2.05, 4.69) is 128 Å². The number of methoxy groups -OCH3 is 1. The van der Waals surface area contributed by atoms with Crippen LogP contribution in [0.1, 0.15) is 99.1 Å². The zero-order valence-electron chi connectivity index (χ0n) is 51.1. The lowest BCUT2D eigenvalue weighted by Gasteiger charge is -2.44. The molecule has 2 aliphatic rings. The van der Waals surface area contributed by atoms with Crippen LogP contribution in [0.2, 0.25) is 5.04 Å². The lowest BCUT2D eigenvalue weighted by molar-refractivity contribution is -0.542. The van der Waals surface area contributed by atoms with E-state index in [4.69, 9.17) is 13.9 Å². The monoisotopic (exact) mass is 1200 g/mol. The first-order valence-corrected chi connectivity index (χ1v) is 33.0. The second kappa shape index (κ2) is 30.9. The van der Waals surface area contributed by atoms with E-state index in [1.807, 2.05) is 82.3 Å². The van der Waals surface area contributed by atoms with Gasteiger partial charge in [0.25, 0.3) is 8.32 Å². The van der Waals surface area contributed by atoms with Crippen molar-refractivity contribution >= 4 is 82.8 Å². The topological polar surface area (TPSA) is 233 Å². The predicted molar refractivity (Wildman–Crippen MR) is 338 cm³/mol. The summed E-state index contributed by atoms with van der Waals surface area (Å²) in [5.74, 6) is -2.23. The summed E-state index contributed by atoms with van der Waals surface area (Å²) in [6.07, 6.45) is 3.50. The molecule has 0 aliphatic carbocycles. The summed E-state index contributed by atoms with van der Waals surface area (Å²) >= 11 is 1.48. The van der Waals surface area contributed by atoms with Crippen molar-refractivity contribution < 1.29 is 47.2 Å². The Labute approximate surface area is 507 Å². The number of nitrogens with zero attached hydrogens (tertiary/aromatic N) is 1. The van der Waals surface area contributed by atoms with Crippen LogP contribution in [0.5, 0.6) is 0 Å². The Morgan fingerprint density at radius 1 is 0.694 bits per heavy atom. The quantitative estimate of drug-likeness (QED) is 0.0170. The number of nitrogens with one attached hydrogen (secondary N) is 8. The van der Waals surface area contributed by atoms with Crippen LogP contribution in [0.15, 0.2) is 121 Å². The minimum atomic E-state index is -2.72. The molecule has 20 heteroatoms. The van der Waals surface area contributed by atoms with E-state index >= 15 is 0 Å². The maximum Gasteiger partial charge on any atom is 0.346 e. The van der Waals surface area contributed by atoms with Crippen LogP contribution in [0.3, 0.4) is 0 Å². The smallest absolute Gasteiger partial charge is 0.346 e. The second-order valence-corrected chi connectivity index (χ2v) is 29.4. The number of esters is 1. The normalized spacial score (nSPS) is 17.8. The molecule has 5 amide bonds. The molecule has 5 aromatic rings. The number of hydrogen-bond donors (Lipinski definition) is 8. The van der Waals surface area contributed by atoms with Gasteiger partial charge in [0.1, 0.15) is 30.2 Å². The highest BCUT2D eigenvalue weighted by Crippen LogP contribution is 2.37. The molecule has 7 rings (SSSR count). The number of rotatable bonds is 29. The third kappa shape index (κ3) is 17.6. The van der Waals surface area contributed by atoms with Crippen molar-refractivity contribution in [1.82, 2.24) is 42.2 Å². The van der Waals surface area contributed by atoms with Crippen LogP contribution in [0, 0.1) is 11.8 Å². The number of ether oxygens (including phenoxy) is 2. The van der Waals surface area contributed by atoms with Gasteiger partial charge < -0.3 is 45.5 Å². The fraction of sp³-hybridized carbons (Fsp3) is 0.492. The first kappa shape index (κ1) is 65.5. The summed E-state index contributed by atoms with van der Waals surface area (Å²) in [5.41, 5.74) is 2.50. The third-order valence-electron chi connectivity index (χ3n) is 16.2. The van der Waals surface area contributed by atoms with Gasteiger partial charge in [0.15, 0.2) is 0 Å². The molecule has 0 saturated heterocycles. The van der Waals surface area contributed by atoms with Gasteiger partial charge >= 0.3 is 11.9 Å². The summed E-state index contributed by atoms with van der Waals surface area (Å²) in [4.78, 5) is 87.1. The van der Waals surface area contributed by atoms with E-state index in [0.717, 1.165) is 53.9 Å². The lowest BCUT2D eigenvalue weighted by atomic mass is 9.97. The summed E-state index contributed by atoms with van der Waals surface area (Å²) in [6.45, 7) is 20.1. The van der Waals surface area contributed by atoms with Crippen molar-refractivity contribution in [2.24, 2.45) is 11.8 Å². The van der Waals surface area contributed by atoms with E-state index in [-0.39, 0.29) is 54.1 Å². The van der Waals surface area contributed by atoms with Gasteiger partial charge in [-0.3, -0.25) is 39.2 Å². The Balaban J connectivity index is 0.942. The number of carbonyl (C=O) groups is 6. The molecule has 0 fully saturated rings. The minimum absolute atomic E-state index is 0.0794. The van der Waals surface area contributed by atoms with Gasteiger partial charge in [0, 0.05) is 42.1 Å². The van der Waals surface area contributed by atoms with Gasteiger partial charge in [-0.15, -0.1) is 11.8 Å². The summed E-state index contributed by atoms with van der Waals surface area (Å²) in [6, 6.07) is 32.9. The Hall–Kier alpha value is -7.00. The summed E-state index contributed by atoms with van der Waals surface area (Å²) < 4.78 is 21.0. The zero-order valence-corrected chi connectivity index (χ0v) is 52.9. The van der Waals surface area contributed by atoms with E-state index in [1.54, 1.807) is 20.0 Å². The molecule has 8 N–H and O–H groups in total. The van der Waals surface area contributed by atoms with Crippen molar-refractivity contribution in [3.63, 3.8) is 0 Å². The van der Waals surface area contributed by atoms with E-state index in [1.165, 1.54) is 29.2 Å². The molecule has 0 radical (unpaired) electrons. The number of aromatic amines is 1. The van der Waals surface area contributed by atoms with Crippen molar-refractivity contribution in [2.45, 2.75) is 154 Å². The van der Waals surface area contributed by atoms with Crippen molar-refractivity contribution in [3.05, 3.63) is 133 Å². The fourth-order valence-corrected chi connectivity index (χ4v) is 16.7. The predicted octanol–water partition coefficient (Wildman–Crippen LogP) is 5.43. The fourth-order valence-electron chi connectivity index (χ4n) is 11.2. The second-order valence-electron chi connectivity index (χ2n) is 24.1. The molecule has 9 atom stereocenters. The molecule has 2 unspecified atom stereocenters. The van der Waals surface area contributed by atoms with Gasteiger partial charge in [-0.2, -0.15) is 0 Å². The number of H-pyrrole nitrogens is 1. The first-order chi connectivity index (χ1) is 40.7. The number of para-hydroxylation sites is 1. The molecular formula is C65H90N9O9SSi+. The SMILES string of the molecule is CC[C@H](C)[C@H](NC(=O)[C@H](C)NC(=O)CSCC1CC[N+]2=C(NC(CO[Si](c3ccccc3)(c3ccccc3)C(C)(C)C)CC2)N1)C(=O)N[C@H](C(=O)N[C@@H](CC(C)C)C(=O)N[C@@H](Cc1c[nH]c2ccccc12)C(=O)OC)[C@@H](C)OCc1ccccc1. The largest absolute Gasteiger partial charge is 0.467 e. The van der Waals surface area contributed by atoms with Crippen LogP contribution in [-0.4, -0.2) is 146 Å². The van der Waals surface area contributed by atoms with E-state index in [0.29, 0.717) is 18.8 Å². The molecule has 0 bridgehead atoms. The number of benzene rings is 4. The maximum absolute atomic E-state index is 14.6. The van der Waals surface area contributed by atoms with Gasteiger partial charge in [-0.05, 0) is 64.7 Å². The van der Waals surface area contributed by atoms with Crippen LogP contribution in [-0.2, 0) is 55.7 Å². The molecule has 458 valence electrons. The standard InChI is InChI=1S/C65H89N9O9SSi/c1-11-43(4)57(61(78)73-58(45(6)82-38-46-23-15-12-16-24-46)62(79)70-54(35-42(2)3)60(77)71-55(63(80)81-10)36-47-37-66-53-30-22-21-29-52(47)53)72-59(76)44(5)67-56(75)41-84-40-49-32-34-74-33-31-48(68-64(74)69-49)39-83-85(65(7,8)9,50-25-17-13-18-26-50)51-27-19-14-20-28-51/h12-30,37,42-45,48-49,54-55,57-58,66H,11,31-36,38-41H2,1-10H3,(H6,67,68,69,70,71,72,73,75,76,77,78,79)/p+1/t43-,44-,45+,48?,49?,54-,55-,57-,58-/m0/s1. The Bertz CT molecular complexity index is 3010. The Kier molecular flexibility index (Phi) is 23.8. The highest BCUT2D eigenvalue weighted by atomic mass is 32.2. The summed E-state index contributed by atoms with van der Waals surface area (Å²) in [7, 11) is -1.47. The van der Waals surface area contributed by atoms with Crippen LogP contribution < -0.4 is 47.6 Å². The average Bonchev–Trinajstić information content (AvgIpc) is 2.63. The molecule has 3 heterocycles. The molecule has 2 aliphatic heterocycles. The zero-order chi connectivity index (χ0) is 61.3. The number of fused-ring (bicyclic) bond motifs is 1. The van der Waals surface area contributed by atoms with Gasteiger partial charge in [0.2, 0.25) is 29.5 Å². The van der Waals surface area contributed by atoms with Crippen LogP contribution in [0.4, 0.5) is 0 Å². The third-order valence-corrected chi connectivity index (χ3v) is 22.3. The van der Waals surface area contributed by atoms with Gasteiger partial charge in [-0.1, -0.05) is 164 Å². The Morgan fingerprint density at radius 3 is 1.89 bits per heavy atom. The molecule has 0 spiro atoms. The number of thioether (sulfide) groups is 1. The van der Waals surface area contributed by atoms with Gasteiger partial charge in [-0.25, -0.2) is 4.79 Å². The maximum atomic E-state index is 14.6. The van der Waals surface area contributed by atoms with Crippen molar-refractivity contribution in [3.8, 4) is 0 Å². The number of carbonyl (C=O) groups excluding carboxylic acids is 6. The van der Waals surface area contributed by atoms with Gasteiger partial charge in [0.05, 0.1) is 57.4 Å². The highest BCUT2D eigenvalue weighted by molar-refractivity contribution is 8.00. The first-order valence-electron chi connectivity index (χ1n) is 30.0. The number of hydrogen-bond acceptors (Lipinski definition) is 12. The number of aromatic nitrogens is 1. The van der Waals surface area contributed by atoms with E-state index in [9.17, 15) is 28.8 Å². The number of guanidine groups is 1. The van der Waals surface area contributed by atoms with Crippen LogP contribution >= 0.6 is 11.8 Å². The van der Waals surface area contributed by atoms with E-state index < -0.39 is 80.1 Å². The molecule has 18 nitrogen and oxygen atoms in total. The molecule has 4 aromatic carbocycles. The summed E-state index contributed by atoms with van der Waals surface area (Å²) in [5, 5.41) is 25.0. The molecule has 0 saturated carbocycles. The van der Waals surface area contributed by atoms with Crippen molar-refractivity contribution in [1.29, 1.82) is 0 Å². The molecular weight excluding hydrogens is 1110 g/mol. The lowest BCUT2D eigenvalue weighted by Crippen LogP contribution is -2.68. The molecule has 1 aromatic heterocycles. The average molecular weight is 1200 g/mol. The highest BCUT2D eigenvalue weighted by Gasteiger charge is 2.51. The molecule has 85 heavy (non-hydrogen) atoms. The number of amides is 5. The van der Waals surface area contributed by atoms with Crippen molar-refractivity contribution in [2.75, 3.05) is 38.3 Å². The Morgan fingerprint density at radius 2 is 1.27 bits per heavy atom.